The Kier molecular flexibility index (Phi) is 9.02. The lowest BCUT2D eigenvalue weighted by Crippen LogP contribution is -2.52. The van der Waals surface area contributed by atoms with Crippen molar-refractivity contribution in [3.8, 4) is 0 Å². The van der Waals surface area contributed by atoms with Crippen molar-refractivity contribution in [2.45, 2.75) is 23.0 Å². The maximum absolute atomic E-state index is 13.4. The lowest BCUT2D eigenvalue weighted by atomic mass is 10.1. The minimum Gasteiger partial charge on any atom is -0.369 e. The molecule has 0 spiro atoms. The van der Waals surface area contributed by atoms with Crippen molar-refractivity contribution in [2.24, 2.45) is 0 Å². The molecule has 0 saturated carbocycles. The molecule has 2 aromatic carbocycles. The average Bonchev–Trinajstić information content (AvgIpc) is 2.93. The molecule has 2 N–H and O–H groups in total. The summed E-state index contributed by atoms with van der Waals surface area (Å²) in [5.74, 6) is 0. The fraction of sp³-hybridized carbons (Fsp3) is 0.259. The number of hydrogen-bond donors (Lipinski definition) is 2. The topological polar surface area (TPSA) is 94.6 Å². The predicted octanol–water partition coefficient (Wildman–Crippen LogP) is 5.18. The van der Waals surface area contributed by atoms with E-state index in [0.717, 1.165) is 11.6 Å². The van der Waals surface area contributed by atoms with Gasteiger partial charge in [-0.25, -0.2) is 13.2 Å². The van der Waals surface area contributed by atoms with Crippen LogP contribution in [0.25, 0.3) is 0 Å². The minimum atomic E-state index is -4.58. The molecule has 8 nitrogen and oxygen atoms in total. The molecule has 2 amide bonds. The van der Waals surface area contributed by atoms with Crippen molar-refractivity contribution in [1.82, 2.24) is 15.2 Å². The number of carbonyl (C=O) groups is 1. The Bertz CT molecular complexity index is 1450. The van der Waals surface area contributed by atoms with Gasteiger partial charge < -0.3 is 15.5 Å². The van der Waals surface area contributed by atoms with Crippen molar-refractivity contribution < 1.29 is 26.4 Å². The van der Waals surface area contributed by atoms with Crippen molar-refractivity contribution in [1.29, 1.82) is 0 Å². The predicted molar refractivity (Wildman–Crippen MR) is 148 cm³/mol. The molecular formula is C27H27ClF3N5O3S. The molecule has 1 aromatic heterocycles. The number of nitrogens with zero attached hydrogens (tertiary/aromatic N) is 3. The summed E-state index contributed by atoms with van der Waals surface area (Å²) in [6.07, 6.45) is 0.0311. The third kappa shape index (κ3) is 6.93. The van der Waals surface area contributed by atoms with Gasteiger partial charge in [0.15, 0.2) is 9.84 Å². The molecule has 3 aromatic rings. The fourth-order valence-corrected chi connectivity index (χ4v) is 6.24. The Morgan fingerprint density at radius 3 is 2.40 bits per heavy atom. The molecule has 1 unspecified atom stereocenters. The van der Waals surface area contributed by atoms with Crippen LogP contribution in [0.1, 0.15) is 11.1 Å². The molecule has 2 heterocycles. The number of sulfone groups is 1. The first-order valence-corrected chi connectivity index (χ1v) is 14.2. The summed E-state index contributed by atoms with van der Waals surface area (Å²) in [5.41, 5.74) is 0.689. The standard InChI is InChI=1S/C27H27ClF3N5O3S/c1-2-25(36-14-12-35(13-15-36)21-7-10-24(28)23(16-21)27(29,30)31)40(38,39)22-8-5-20(6-9-22)34-26(37)33-18-19-4-3-11-32-17-19/h2-11,16-17,25H,1,12-15,18H2,(H2,33,34,37). The van der Waals surface area contributed by atoms with Crippen LogP contribution in [0.15, 0.2) is 84.5 Å². The SMILES string of the molecule is C=CC(N1CCN(c2ccc(Cl)c(C(F)(F)F)c2)CC1)S(=O)(=O)c1ccc(NC(=O)NCc2cccnc2)cc1. The molecule has 40 heavy (non-hydrogen) atoms. The third-order valence-electron chi connectivity index (χ3n) is 6.43. The number of alkyl halides is 3. The summed E-state index contributed by atoms with van der Waals surface area (Å²) < 4.78 is 66.7. The molecule has 1 saturated heterocycles. The van der Waals surface area contributed by atoms with Gasteiger partial charge in [0.25, 0.3) is 0 Å². The summed E-state index contributed by atoms with van der Waals surface area (Å²) in [7, 11) is -3.87. The quantitative estimate of drug-likeness (QED) is 0.350. The number of carbonyl (C=O) groups excluding carboxylic acids is 1. The first kappa shape index (κ1) is 29.4. The Morgan fingerprint density at radius 2 is 1.80 bits per heavy atom. The van der Waals surface area contributed by atoms with E-state index in [-0.39, 0.29) is 29.6 Å². The number of pyridine rings is 1. The molecule has 0 bridgehead atoms. The average molecular weight is 594 g/mol. The number of benzene rings is 2. The van der Waals surface area contributed by atoms with Gasteiger partial charge in [-0.2, -0.15) is 13.2 Å². The zero-order valence-corrected chi connectivity index (χ0v) is 22.8. The van der Waals surface area contributed by atoms with E-state index in [0.29, 0.717) is 24.5 Å². The van der Waals surface area contributed by atoms with Crippen LogP contribution in [-0.2, 0) is 22.6 Å². The van der Waals surface area contributed by atoms with Crippen molar-refractivity contribution >= 4 is 38.8 Å². The second kappa shape index (κ2) is 12.3. The third-order valence-corrected chi connectivity index (χ3v) is 8.82. The van der Waals surface area contributed by atoms with Gasteiger partial charge >= 0.3 is 12.2 Å². The monoisotopic (exact) mass is 593 g/mol. The highest BCUT2D eigenvalue weighted by atomic mass is 35.5. The number of rotatable bonds is 8. The fourth-order valence-electron chi connectivity index (χ4n) is 4.36. The maximum Gasteiger partial charge on any atom is 0.417 e. The van der Waals surface area contributed by atoms with Gasteiger partial charge in [-0.05, 0) is 54.1 Å². The highest BCUT2D eigenvalue weighted by Crippen LogP contribution is 2.37. The number of urea groups is 1. The molecule has 1 fully saturated rings. The molecular weight excluding hydrogens is 567 g/mol. The van der Waals surface area contributed by atoms with Gasteiger partial charge in [0.2, 0.25) is 0 Å². The highest BCUT2D eigenvalue weighted by molar-refractivity contribution is 7.92. The van der Waals surface area contributed by atoms with E-state index in [2.05, 4.69) is 22.2 Å². The number of amides is 2. The Balaban J connectivity index is 1.37. The number of hydrogen-bond acceptors (Lipinski definition) is 6. The van der Waals surface area contributed by atoms with Gasteiger partial charge in [0, 0.05) is 56.5 Å². The maximum atomic E-state index is 13.4. The van der Waals surface area contributed by atoms with E-state index in [1.165, 1.54) is 42.5 Å². The molecule has 1 aliphatic heterocycles. The van der Waals surface area contributed by atoms with E-state index < -0.39 is 33.0 Å². The lowest BCUT2D eigenvalue weighted by Gasteiger charge is -2.39. The second-order valence-corrected chi connectivity index (χ2v) is 11.5. The normalized spacial score (nSPS) is 15.3. The summed E-state index contributed by atoms with van der Waals surface area (Å²) in [6.45, 7) is 5.20. The summed E-state index contributed by atoms with van der Waals surface area (Å²) >= 11 is 5.73. The van der Waals surface area contributed by atoms with Gasteiger partial charge in [-0.15, -0.1) is 6.58 Å². The molecule has 0 radical (unpaired) electrons. The summed E-state index contributed by atoms with van der Waals surface area (Å²) in [4.78, 5) is 19.7. The van der Waals surface area contributed by atoms with Crippen molar-refractivity contribution in [2.75, 3.05) is 36.4 Å². The summed E-state index contributed by atoms with van der Waals surface area (Å²) in [6, 6.07) is 12.7. The van der Waals surface area contributed by atoms with Gasteiger partial charge in [0.1, 0.15) is 5.37 Å². The smallest absolute Gasteiger partial charge is 0.369 e. The van der Waals surface area contributed by atoms with Crippen LogP contribution < -0.4 is 15.5 Å². The van der Waals surface area contributed by atoms with Crippen LogP contribution in [0.4, 0.5) is 29.3 Å². The van der Waals surface area contributed by atoms with E-state index in [1.54, 1.807) is 28.3 Å². The van der Waals surface area contributed by atoms with Crippen LogP contribution in [0.5, 0.6) is 0 Å². The second-order valence-electron chi connectivity index (χ2n) is 9.05. The first-order valence-electron chi connectivity index (χ1n) is 12.2. The molecule has 1 atom stereocenters. The van der Waals surface area contributed by atoms with Crippen LogP contribution in [0.3, 0.4) is 0 Å². The van der Waals surface area contributed by atoms with Gasteiger partial charge in [-0.3, -0.25) is 9.88 Å². The van der Waals surface area contributed by atoms with E-state index >= 15 is 0 Å². The largest absolute Gasteiger partial charge is 0.417 e. The summed E-state index contributed by atoms with van der Waals surface area (Å²) in [5, 5.41) is 3.94. The van der Waals surface area contributed by atoms with Crippen LogP contribution in [0.2, 0.25) is 5.02 Å². The Hall–Kier alpha value is -3.61. The first-order chi connectivity index (χ1) is 19.0. The number of piperazine rings is 1. The van der Waals surface area contributed by atoms with E-state index in [4.69, 9.17) is 11.6 Å². The number of nitrogens with one attached hydrogen (secondary N) is 2. The number of aromatic nitrogens is 1. The lowest BCUT2D eigenvalue weighted by molar-refractivity contribution is -0.137. The Labute approximate surface area is 235 Å². The molecule has 1 aliphatic rings. The van der Waals surface area contributed by atoms with Gasteiger partial charge in [0.05, 0.1) is 15.5 Å². The number of halogens is 4. The van der Waals surface area contributed by atoms with Crippen LogP contribution in [0, 0.1) is 0 Å². The molecule has 0 aliphatic carbocycles. The zero-order chi connectivity index (χ0) is 28.9. The van der Waals surface area contributed by atoms with Crippen LogP contribution >= 0.6 is 11.6 Å². The van der Waals surface area contributed by atoms with Crippen molar-refractivity contribution in [3.05, 3.63) is 95.8 Å². The molecule has 4 rings (SSSR count). The molecule has 212 valence electrons. The van der Waals surface area contributed by atoms with Crippen LogP contribution in [-0.4, -0.2) is 55.9 Å². The Morgan fingerprint density at radius 1 is 1.10 bits per heavy atom. The molecule has 13 heteroatoms. The van der Waals surface area contributed by atoms with E-state index in [1.807, 2.05) is 6.07 Å². The van der Waals surface area contributed by atoms with E-state index in [9.17, 15) is 26.4 Å². The van der Waals surface area contributed by atoms with Gasteiger partial charge in [-0.1, -0.05) is 23.7 Å². The number of anilines is 2. The zero-order valence-electron chi connectivity index (χ0n) is 21.2. The highest BCUT2D eigenvalue weighted by Gasteiger charge is 2.35. The minimum absolute atomic E-state index is 0.0497. The van der Waals surface area contributed by atoms with Crippen molar-refractivity contribution in [3.63, 3.8) is 0 Å².